The van der Waals surface area contributed by atoms with Crippen LogP contribution < -0.4 is 22.1 Å². The molecule has 0 atom stereocenters. The third-order valence-corrected chi connectivity index (χ3v) is 4.14. The molecule has 0 fully saturated rings. The molecule has 2 heterocycles. The smallest absolute Gasteiger partial charge is 0.132 e. The average Bonchev–Trinajstić information content (AvgIpc) is 2.65. The Morgan fingerprint density at radius 2 is 1.93 bits per heavy atom. The van der Waals surface area contributed by atoms with Crippen molar-refractivity contribution >= 4 is 28.6 Å². The lowest BCUT2D eigenvalue weighted by Crippen LogP contribution is -2.31. The van der Waals surface area contributed by atoms with Crippen molar-refractivity contribution in [2.45, 2.75) is 40.2 Å². The van der Waals surface area contributed by atoms with E-state index in [1.807, 2.05) is 38.2 Å². The second kappa shape index (κ2) is 9.23. The van der Waals surface area contributed by atoms with Crippen LogP contribution in [0.15, 0.2) is 54.3 Å². The molecule has 0 aliphatic carbocycles. The van der Waals surface area contributed by atoms with E-state index in [1.165, 1.54) is 6.21 Å². The van der Waals surface area contributed by atoms with Crippen LogP contribution in [0.25, 0.3) is 16.6 Å². The van der Waals surface area contributed by atoms with Gasteiger partial charge in [0.1, 0.15) is 11.6 Å². The molecule has 0 amide bonds. The highest BCUT2D eigenvalue weighted by molar-refractivity contribution is 6.08. The monoisotopic (exact) mass is 393 g/mol. The summed E-state index contributed by atoms with van der Waals surface area (Å²) in [4.78, 5) is 9.08. The van der Waals surface area contributed by atoms with Crippen LogP contribution in [-0.2, 0) is 0 Å². The number of nitrogens with two attached hydrogens (primary N) is 2. The van der Waals surface area contributed by atoms with Gasteiger partial charge < -0.3 is 27.5 Å². The molecule has 7 N–H and O–H groups in total. The number of hydrogen-bond donors (Lipinski definition) is 5. The Morgan fingerprint density at radius 3 is 2.52 bits per heavy atom. The molecule has 0 aliphatic rings. The zero-order valence-corrected chi connectivity index (χ0v) is 17.7. The summed E-state index contributed by atoms with van der Waals surface area (Å²) in [6.45, 7) is 10.3. The quantitative estimate of drug-likeness (QED) is 0.360. The Morgan fingerprint density at radius 1 is 1.21 bits per heavy atom. The van der Waals surface area contributed by atoms with Gasteiger partial charge in [-0.15, -0.1) is 0 Å². The summed E-state index contributed by atoms with van der Waals surface area (Å²) in [6.07, 6.45) is 8.23. The lowest BCUT2D eigenvalue weighted by atomic mass is 10.0. The van der Waals surface area contributed by atoms with Crippen molar-refractivity contribution < 1.29 is 0 Å². The first-order valence-electron chi connectivity index (χ1n) is 9.54. The lowest BCUT2D eigenvalue weighted by Gasteiger charge is -2.19. The number of nitrogens with zero attached hydrogens (tertiary/aromatic N) is 2. The van der Waals surface area contributed by atoms with Gasteiger partial charge in [0.2, 0.25) is 0 Å². The second-order valence-corrected chi connectivity index (χ2v) is 8.14. The van der Waals surface area contributed by atoms with Crippen molar-refractivity contribution in [3.8, 4) is 0 Å². The average molecular weight is 394 g/mol. The fourth-order valence-corrected chi connectivity index (χ4v) is 2.51. The largest absolute Gasteiger partial charge is 0.404 e. The minimum Gasteiger partial charge on any atom is -0.404 e. The van der Waals surface area contributed by atoms with Gasteiger partial charge >= 0.3 is 0 Å². The number of anilines is 1. The van der Waals surface area contributed by atoms with Gasteiger partial charge in [0.05, 0.1) is 11.0 Å². The zero-order chi connectivity index (χ0) is 21.6. The minimum atomic E-state index is -0.0927. The number of rotatable bonds is 7. The summed E-state index contributed by atoms with van der Waals surface area (Å²) < 4.78 is 0. The zero-order valence-electron chi connectivity index (χ0n) is 17.7. The van der Waals surface area contributed by atoms with E-state index in [2.05, 4.69) is 41.4 Å². The van der Waals surface area contributed by atoms with Crippen LogP contribution in [0.3, 0.4) is 0 Å². The van der Waals surface area contributed by atoms with E-state index in [4.69, 9.17) is 16.9 Å². The number of allylic oxidation sites excluding steroid dienone is 3. The predicted octanol–water partition coefficient (Wildman–Crippen LogP) is 3.72. The maximum atomic E-state index is 7.73. The first kappa shape index (κ1) is 21.9. The molecule has 154 valence electrons. The molecule has 0 spiro atoms. The SMILES string of the molecule is CC(C)C(=C/N)/C=C(\N)Nc1ccc2ncc(/C(C=N)=C/NC(C)(C)C)cc2n1. The standard InChI is InChI=1S/C22H31N7/c1-14(2)15(10-23)9-20(25)29-21-7-6-18-19(28-21)8-16(12-26-18)17(11-24)13-27-22(3,4)5/h6-14,24,27H,23,25H2,1-5H3,(H,28,29)/b15-10+,17-13+,20-9+,24-11?. The Bertz CT molecular complexity index is 963. The van der Waals surface area contributed by atoms with Gasteiger partial charge in [-0.3, -0.25) is 4.98 Å². The molecule has 7 nitrogen and oxygen atoms in total. The number of pyridine rings is 2. The molecule has 0 aliphatic heterocycles. The van der Waals surface area contributed by atoms with Crippen LogP contribution in [0.1, 0.15) is 40.2 Å². The van der Waals surface area contributed by atoms with Crippen molar-refractivity contribution in [3.05, 3.63) is 59.8 Å². The first-order valence-corrected chi connectivity index (χ1v) is 9.54. The van der Waals surface area contributed by atoms with Crippen LogP contribution in [0, 0.1) is 11.3 Å². The van der Waals surface area contributed by atoms with E-state index in [0.29, 0.717) is 17.2 Å². The molecular weight excluding hydrogens is 362 g/mol. The fraction of sp³-hybridized carbons (Fsp3) is 0.318. The summed E-state index contributed by atoms with van der Waals surface area (Å²) in [5, 5.41) is 14.1. The van der Waals surface area contributed by atoms with E-state index in [1.54, 1.807) is 18.5 Å². The summed E-state index contributed by atoms with van der Waals surface area (Å²) in [5.41, 5.74) is 15.6. The number of hydrogen-bond acceptors (Lipinski definition) is 7. The van der Waals surface area contributed by atoms with Crippen LogP contribution in [-0.4, -0.2) is 21.7 Å². The van der Waals surface area contributed by atoms with Crippen molar-refractivity contribution in [2.75, 3.05) is 5.32 Å². The predicted molar refractivity (Wildman–Crippen MR) is 122 cm³/mol. The van der Waals surface area contributed by atoms with Gasteiger partial charge in [0.15, 0.2) is 0 Å². The lowest BCUT2D eigenvalue weighted by molar-refractivity contribution is 0.492. The Hall–Kier alpha value is -3.35. The minimum absolute atomic E-state index is 0.0927. The summed E-state index contributed by atoms with van der Waals surface area (Å²) >= 11 is 0. The van der Waals surface area contributed by atoms with Crippen molar-refractivity contribution in [1.82, 2.24) is 15.3 Å². The highest BCUT2D eigenvalue weighted by Gasteiger charge is 2.09. The van der Waals surface area contributed by atoms with Crippen molar-refractivity contribution in [1.29, 1.82) is 5.41 Å². The maximum absolute atomic E-state index is 7.73. The molecule has 0 unspecified atom stereocenters. The van der Waals surface area contributed by atoms with Gasteiger partial charge in [-0.2, -0.15) is 0 Å². The summed E-state index contributed by atoms with van der Waals surface area (Å²) in [5.74, 6) is 1.34. The molecule has 0 radical (unpaired) electrons. The summed E-state index contributed by atoms with van der Waals surface area (Å²) in [6, 6.07) is 5.62. The number of fused-ring (bicyclic) bond motifs is 1. The van der Waals surface area contributed by atoms with Gasteiger partial charge in [0, 0.05) is 35.3 Å². The molecular formula is C22H31N7. The molecule has 0 bridgehead atoms. The van der Waals surface area contributed by atoms with Crippen molar-refractivity contribution in [3.63, 3.8) is 0 Å². The van der Waals surface area contributed by atoms with Gasteiger partial charge in [-0.05, 0) is 62.7 Å². The third kappa shape index (κ3) is 6.34. The second-order valence-electron chi connectivity index (χ2n) is 8.14. The number of nitrogens with one attached hydrogen (secondary N) is 3. The van der Waals surface area contributed by atoms with E-state index < -0.39 is 0 Å². The topological polar surface area (TPSA) is 126 Å². The number of aromatic nitrogens is 2. The van der Waals surface area contributed by atoms with E-state index in [9.17, 15) is 0 Å². The van der Waals surface area contributed by atoms with Gasteiger partial charge in [-0.1, -0.05) is 13.8 Å². The van der Waals surface area contributed by atoms with Gasteiger partial charge in [-0.25, -0.2) is 4.98 Å². The van der Waals surface area contributed by atoms with Crippen LogP contribution >= 0.6 is 0 Å². The molecule has 0 saturated carbocycles. The summed E-state index contributed by atoms with van der Waals surface area (Å²) in [7, 11) is 0. The Labute approximate surface area is 172 Å². The molecule has 7 heteroatoms. The fourth-order valence-electron chi connectivity index (χ4n) is 2.51. The molecule has 0 saturated heterocycles. The highest BCUT2D eigenvalue weighted by atomic mass is 15.1. The normalized spacial score (nSPS) is 13.7. The maximum Gasteiger partial charge on any atom is 0.132 e. The molecule has 2 aromatic heterocycles. The molecule has 29 heavy (non-hydrogen) atoms. The highest BCUT2D eigenvalue weighted by Crippen LogP contribution is 2.20. The van der Waals surface area contributed by atoms with E-state index in [-0.39, 0.29) is 11.5 Å². The Kier molecular flexibility index (Phi) is 6.98. The Balaban J connectivity index is 2.33. The van der Waals surface area contributed by atoms with Crippen molar-refractivity contribution in [2.24, 2.45) is 17.4 Å². The van der Waals surface area contributed by atoms with Crippen LogP contribution in [0.4, 0.5) is 5.82 Å². The molecule has 0 aromatic carbocycles. The van der Waals surface area contributed by atoms with E-state index in [0.717, 1.165) is 22.2 Å². The van der Waals surface area contributed by atoms with Crippen LogP contribution in [0.2, 0.25) is 0 Å². The molecule has 2 rings (SSSR count). The van der Waals surface area contributed by atoms with Crippen LogP contribution in [0.5, 0.6) is 0 Å². The third-order valence-electron chi connectivity index (χ3n) is 4.14. The van der Waals surface area contributed by atoms with E-state index >= 15 is 0 Å². The molecule has 2 aromatic rings. The van der Waals surface area contributed by atoms with Gasteiger partial charge in [0.25, 0.3) is 0 Å². The first-order chi connectivity index (χ1) is 13.6.